The molecule has 3 atom stereocenters. The standard InChI is InChI=1S/C34H65NO7S/c1-3-5-7-9-11-13-15-17-19-20-22-24-26-28-32(36)31(30-42-43(39,40)41)35-34(38)33(37)29-27-25-23-21-18-16-14-12-10-8-6-4-2/h19-20,26,28,31-33,36-37H,3-18,21-25,27,29-30H2,1-2H3,(H,35,38)(H,39,40,41)/p-1/b20-19+,28-26+/t31?,32-,33-/m1/s1. The largest absolute Gasteiger partial charge is 0.860 e. The molecule has 0 aliphatic carbocycles. The summed E-state index contributed by atoms with van der Waals surface area (Å²) in [4.78, 5) is 3.83. The van der Waals surface area contributed by atoms with Gasteiger partial charge in [-0.25, -0.2) is 4.18 Å². The number of allylic oxidation sites excluding steroid dienone is 3. The minimum absolute atomic E-state index is 0.253. The maximum atomic E-state index is 12.5. The van der Waals surface area contributed by atoms with Gasteiger partial charge in [0.2, 0.25) is 0 Å². The van der Waals surface area contributed by atoms with Gasteiger partial charge in [0.25, 0.3) is 0 Å². The molecule has 8 nitrogen and oxygen atoms in total. The molecular formula is C34H64NO7S-. The van der Waals surface area contributed by atoms with Crippen LogP contribution in [0.3, 0.4) is 0 Å². The van der Waals surface area contributed by atoms with E-state index in [2.05, 4.69) is 35.2 Å². The molecule has 254 valence electrons. The summed E-state index contributed by atoms with van der Waals surface area (Å²) in [5.74, 6) is -0.826. The minimum atomic E-state index is -4.77. The van der Waals surface area contributed by atoms with Gasteiger partial charge in [-0.1, -0.05) is 154 Å². The maximum absolute atomic E-state index is 12.5. The van der Waals surface area contributed by atoms with Crippen LogP contribution >= 0.6 is 0 Å². The number of unbranched alkanes of at least 4 members (excludes halogenated alkanes) is 19. The SMILES string of the molecule is CCCCCCCCC/C=C/CC/C=C/[C@@H](O)C(COS(=O)(=O)O)N=C([O-])[C@H](O)CCCCCCCCCCCCCC. The van der Waals surface area contributed by atoms with E-state index in [0.29, 0.717) is 12.8 Å². The van der Waals surface area contributed by atoms with Crippen molar-refractivity contribution in [1.82, 2.24) is 0 Å². The summed E-state index contributed by atoms with van der Waals surface area (Å²) >= 11 is 0. The monoisotopic (exact) mass is 630 g/mol. The first-order valence-corrected chi connectivity index (χ1v) is 18.6. The number of aliphatic hydroxyl groups is 2. The quantitative estimate of drug-likeness (QED) is 0.0234. The Labute approximate surface area is 264 Å². The second kappa shape index (κ2) is 29.5. The molecule has 0 amide bonds. The zero-order chi connectivity index (χ0) is 32.0. The first-order chi connectivity index (χ1) is 20.7. The Morgan fingerprint density at radius 3 is 1.65 bits per heavy atom. The van der Waals surface area contributed by atoms with Gasteiger partial charge in [-0.2, -0.15) is 8.42 Å². The fraction of sp³-hybridized carbons (Fsp3) is 0.853. The van der Waals surface area contributed by atoms with E-state index in [1.54, 1.807) is 6.08 Å². The van der Waals surface area contributed by atoms with Crippen LogP contribution in [0.15, 0.2) is 29.3 Å². The molecule has 0 bridgehead atoms. The Bertz CT molecular complexity index is 814. The number of nitrogens with zero attached hydrogens (tertiary/aromatic N) is 1. The summed E-state index contributed by atoms with van der Waals surface area (Å²) in [6.45, 7) is 3.74. The molecular weight excluding hydrogens is 566 g/mol. The third-order valence-electron chi connectivity index (χ3n) is 7.67. The number of rotatable bonds is 31. The molecule has 0 aromatic rings. The van der Waals surface area contributed by atoms with E-state index in [1.807, 2.05) is 0 Å². The highest BCUT2D eigenvalue weighted by atomic mass is 32.3. The van der Waals surface area contributed by atoms with Crippen LogP contribution in [-0.2, 0) is 14.6 Å². The molecule has 1 unspecified atom stereocenters. The lowest BCUT2D eigenvalue weighted by Gasteiger charge is -2.23. The van der Waals surface area contributed by atoms with E-state index < -0.39 is 41.2 Å². The average Bonchev–Trinajstić information content (AvgIpc) is 2.97. The van der Waals surface area contributed by atoms with Crippen molar-refractivity contribution in [1.29, 1.82) is 0 Å². The maximum Gasteiger partial charge on any atom is 0.397 e. The van der Waals surface area contributed by atoms with Crippen molar-refractivity contribution in [2.24, 2.45) is 4.99 Å². The molecule has 43 heavy (non-hydrogen) atoms. The summed E-state index contributed by atoms with van der Waals surface area (Å²) < 4.78 is 35.4. The van der Waals surface area contributed by atoms with Crippen LogP contribution in [0.2, 0.25) is 0 Å². The average molecular weight is 631 g/mol. The Balaban J connectivity index is 4.40. The van der Waals surface area contributed by atoms with Gasteiger partial charge in [0, 0.05) is 0 Å². The second-order valence-electron chi connectivity index (χ2n) is 11.8. The van der Waals surface area contributed by atoms with Crippen molar-refractivity contribution in [2.45, 2.75) is 180 Å². The smallest absolute Gasteiger partial charge is 0.397 e. The van der Waals surface area contributed by atoms with E-state index in [4.69, 9.17) is 4.55 Å². The molecule has 0 spiro atoms. The van der Waals surface area contributed by atoms with Gasteiger partial charge in [-0.15, -0.1) is 0 Å². The van der Waals surface area contributed by atoms with Crippen molar-refractivity contribution in [3.05, 3.63) is 24.3 Å². The van der Waals surface area contributed by atoms with Crippen LogP contribution < -0.4 is 5.11 Å². The van der Waals surface area contributed by atoms with Gasteiger partial charge in [0.05, 0.1) is 18.8 Å². The highest BCUT2D eigenvalue weighted by molar-refractivity contribution is 7.80. The Morgan fingerprint density at radius 2 is 1.14 bits per heavy atom. The second-order valence-corrected chi connectivity index (χ2v) is 12.9. The van der Waals surface area contributed by atoms with Crippen LogP contribution in [0.4, 0.5) is 0 Å². The fourth-order valence-electron chi connectivity index (χ4n) is 4.93. The van der Waals surface area contributed by atoms with E-state index in [1.165, 1.54) is 102 Å². The number of aliphatic imine (C=N–C) groups is 1. The Morgan fingerprint density at radius 1 is 0.698 bits per heavy atom. The summed E-state index contributed by atoms with van der Waals surface area (Å²) in [5.41, 5.74) is 0. The van der Waals surface area contributed by atoms with Gasteiger partial charge in [0.15, 0.2) is 0 Å². The molecule has 0 aliphatic heterocycles. The topological polar surface area (TPSA) is 139 Å². The van der Waals surface area contributed by atoms with Gasteiger partial charge in [-0.05, 0) is 38.0 Å². The fourth-order valence-corrected chi connectivity index (χ4v) is 5.24. The normalized spacial score (nSPS) is 15.0. The number of aliphatic hydroxyl groups excluding tert-OH is 2. The zero-order valence-electron chi connectivity index (χ0n) is 27.3. The lowest BCUT2D eigenvalue weighted by Crippen LogP contribution is -2.38. The first-order valence-electron chi connectivity index (χ1n) is 17.3. The van der Waals surface area contributed by atoms with E-state index in [-0.39, 0.29) is 6.42 Å². The first kappa shape index (κ1) is 41.7. The molecule has 0 heterocycles. The molecule has 0 fully saturated rings. The van der Waals surface area contributed by atoms with Gasteiger partial charge in [-0.3, -0.25) is 9.55 Å². The summed E-state index contributed by atoms with van der Waals surface area (Å²) in [6, 6.07) is -1.27. The van der Waals surface area contributed by atoms with Crippen LogP contribution in [0.5, 0.6) is 0 Å². The molecule has 0 rings (SSSR count). The molecule has 3 N–H and O–H groups in total. The molecule has 0 aromatic carbocycles. The van der Waals surface area contributed by atoms with E-state index >= 15 is 0 Å². The van der Waals surface area contributed by atoms with Crippen molar-refractivity contribution in [2.75, 3.05) is 6.61 Å². The predicted molar refractivity (Wildman–Crippen MR) is 177 cm³/mol. The molecule has 0 saturated heterocycles. The highest BCUT2D eigenvalue weighted by Gasteiger charge is 2.20. The lowest BCUT2D eigenvalue weighted by molar-refractivity contribution is -0.229. The van der Waals surface area contributed by atoms with E-state index in [9.17, 15) is 23.7 Å². The van der Waals surface area contributed by atoms with Crippen LogP contribution in [0, 0.1) is 0 Å². The minimum Gasteiger partial charge on any atom is -0.860 e. The van der Waals surface area contributed by atoms with Crippen LogP contribution in [0.1, 0.15) is 162 Å². The van der Waals surface area contributed by atoms with Gasteiger partial charge in [0.1, 0.15) is 6.04 Å². The van der Waals surface area contributed by atoms with Crippen LogP contribution in [-0.4, -0.2) is 53.9 Å². The Hall–Kier alpha value is -1.26. The molecule has 0 saturated carbocycles. The van der Waals surface area contributed by atoms with Crippen molar-refractivity contribution in [3.63, 3.8) is 0 Å². The summed E-state index contributed by atoms with van der Waals surface area (Å²) in [7, 11) is -4.77. The predicted octanol–water partition coefficient (Wildman–Crippen LogP) is 7.78. The van der Waals surface area contributed by atoms with Crippen molar-refractivity contribution >= 4 is 16.3 Å². The lowest BCUT2D eigenvalue weighted by atomic mass is 10.0. The Kier molecular flexibility index (Phi) is 28.6. The number of hydrogen-bond acceptors (Lipinski definition) is 7. The third-order valence-corrected chi connectivity index (χ3v) is 8.10. The van der Waals surface area contributed by atoms with Crippen LogP contribution in [0.25, 0.3) is 0 Å². The van der Waals surface area contributed by atoms with Gasteiger partial charge < -0.3 is 15.3 Å². The molecule has 0 aliphatic rings. The summed E-state index contributed by atoms with van der Waals surface area (Å²) in [5, 5.41) is 33.3. The van der Waals surface area contributed by atoms with E-state index in [0.717, 1.165) is 32.1 Å². The van der Waals surface area contributed by atoms with Crippen molar-refractivity contribution < 1.29 is 32.5 Å². The summed E-state index contributed by atoms with van der Waals surface area (Å²) in [6.07, 6.45) is 30.7. The zero-order valence-corrected chi connectivity index (χ0v) is 28.2. The molecule has 0 radical (unpaired) electrons. The number of hydrogen-bond donors (Lipinski definition) is 3. The van der Waals surface area contributed by atoms with Gasteiger partial charge >= 0.3 is 10.4 Å². The van der Waals surface area contributed by atoms with Crippen molar-refractivity contribution in [3.8, 4) is 0 Å². The molecule has 0 aromatic heterocycles. The molecule has 9 heteroatoms. The highest BCUT2D eigenvalue weighted by Crippen LogP contribution is 2.14. The third kappa shape index (κ3) is 29.2.